The summed E-state index contributed by atoms with van der Waals surface area (Å²) in [6.07, 6.45) is 6.72. The Hall–Kier alpha value is -1.88. The van der Waals surface area contributed by atoms with Gasteiger partial charge in [0.1, 0.15) is 12.4 Å². The molecule has 5 heteroatoms. The van der Waals surface area contributed by atoms with Crippen LogP contribution in [-0.4, -0.2) is 14.8 Å². The quantitative estimate of drug-likeness (QED) is 0.672. The first-order valence-corrected chi connectivity index (χ1v) is 8.10. The first-order valence-electron chi connectivity index (χ1n) is 7.70. The molecule has 1 aromatic carbocycles. The zero-order valence-electron chi connectivity index (χ0n) is 12.9. The standard InChI is InChI=1S/C17H21N3OS/c1-3-10-20-16(18-19-17(20)22)11-21-15-9-8-13-6-4-5-7-14(13)12(15)2/h3,8-9H,1,4-7,10-11H2,2H3,(H,19,22). The second-order valence-corrected chi connectivity index (χ2v) is 6.05. The molecule has 0 aliphatic heterocycles. The summed E-state index contributed by atoms with van der Waals surface area (Å²) in [6.45, 7) is 6.94. The van der Waals surface area contributed by atoms with Gasteiger partial charge in [-0.1, -0.05) is 12.1 Å². The molecule has 1 heterocycles. The Morgan fingerprint density at radius 2 is 2.23 bits per heavy atom. The van der Waals surface area contributed by atoms with E-state index in [1.165, 1.54) is 36.0 Å². The highest BCUT2D eigenvalue weighted by Gasteiger charge is 2.15. The van der Waals surface area contributed by atoms with E-state index in [0.717, 1.165) is 18.0 Å². The van der Waals surface area contributed by atoms with Gasteiger partial charge in [-0.3, -0.25) is 9.67 Å². The van der Waals surface area contributed by atoms with Crippen molar-refractivity contribution in [2.24, 2.45) is 0 Å². The number of aromatic nitrogens is 3. The molecular weight excluding hydrogens is 294 g/mol. The van der Waals surface area contributed by atoms with Gasteiger partial charge in [0.2, 0.25) is 0 Å². The zero-order chi connectivity index (χ0) is 15.5. The molecule has 116 valence electrons. The number of hydrogen-bond donors (Lipinski definition) is 1. The Morgan fingerprint density at radius 3 is 3.05 bits per heavy atom. The number of allylic oxidation sites excluding steroid dienone is 1. The van der Waals surface area contributed by atoms with Crippen LogP contribution >= 0.6 is 12.2 Å². The Morgan fingerprint density at radius 1 is 1.41 bits per heavy atom. The number of nitrogens with one attached hydrogen (secondary N) is 1. The largest absolute Gasteiger partial charge is 0.485 e. The normalized spacial score (nSPS) is 13.7. The van der Waals surface area contributed by atoms with Crippen LogP contribution in [0.25, 0.3) is 0 Å². The molecule has 22 heavy (non-hydrogen) atoms. The lowest BCUT2D eigenvalue weighted by Crippen LogP contribution is -2.09. The molecule has 0 fully saturated rings. The average Bonchev–Trinajstić information content (AvgIpc) is 2.88. The molecule has 0 saturated carbocycles. The minimum absolute atomic E-state index is 0.403. The van der Waals surface area contributed by atoms with E-state index >= 15 is 0 Å². The van der Waals surface area contributed by atoms with Crippen LogP contribution in [0.1, 0.15) is 35.4 Å². The minimum atomic E-state index is 0.403. The molecule has 0 atom stereocenters. The minimum Gasteiger partial charge on any atom is -0.485 e. The van der Waals surface area contributed by atoms with E-state index in [9.17, 15) is 0 Å². The molecule has 0 amide bonds. The first-order chi connectivity index (χ1) is 10.7. The molecule has 2 aromatic rings. The summed E-state index contributed by atoms with van der Waals surface area (Å²) in [5.74, 6) is 1.74. The summed E-state index contributed by atoms with van der Waals surface area (Å²) in [7, 11) is 0. The predicted octanol–water partition coefficient (Wildman–Crippen LogP) is 3.89. The fraction of sp³-hybridized carbons (Fsp3) is 0.412. The fourth-order valence-electron chi connectivity index (χ4n) is 3.07. The monoisotopic (exact) mass is 315 g/mol. The molecule has 0 spiro atoms. The van der Waals surface area contributed by atoms with Gasteiger partial charge < -0.3 is 4.74 Å². The van der Waals surface area contributed by atoms with Crippen molar-refractivity contribution in [3.63, 3.8) is 0 Å². The van der Waals surface area contributed by atoms with Gasteiger partial charge in [0.25, 0.3) is 0 Å². The van der Waals surface area contributed by atoms with Gasteiger partial charge in [0, 0.05) is 6.54 Å². The Balaban J connectivity index is 1.80. The van der Waals surface area contributed by atoms with Crippen LogP contribution in [0.3, 0.4) is 0 Å². The number of nitrogens with zero attached hydrogens (tertiary/aromatic N) is 2. The van der Waals surface area contributed by atoms with Gasteiger partial charge in [-0.2, -0.15) is 5.10 Å². The van der Waals surface area contributed by atoms with E-state index < -0.39 is 0 Å². The smallest absolute Gasteiger partial charge is 0.195 e. The summed E-state index contributed by atoms with van der Waals surface area (Å²) in [5, 5.41) is 7.05. The summed E-state index contributed by atoms with van der Waals surface area (Å²) in [6, 6.07) is 4.29. The molecule has 0 saturated heterocycles. The van der Waals surface area contributed by atoms with Gasteiger partial charge in [-0.15, -0.1) is 6.58 Å². The van der Waals surface area contributed by atoms with Crippen molar-refractivity contribution >= 4 is 12.2 Å². The number of aromatic amines is 1. The van der Waals surface area contributed by atoms with E-state index in [2.05, 4.69) is 35.8 Å². The predicted molar refractivity (Wildman–Crippen MR) is 89.8 cm³/mol. The van der Waals surface area contributed by atoms with Crippen molar-refractivity contribution in [1.29, 1.82) is 0 Å². The van der Waals surface area contributed by atoms with Crippen LogP contribution in [0.15, 0.2) is 24.8 Å². The summed E-state index contributed by atoms with van der Waals surface area (Å²) >= 11 is 5.22. The van der Waals surface area contributed by atoms with Crippen LogP contribution in [-0.2, 0) is 26.0 Å². The lowest BCUT2D eigenvalue weighted by molar-refractivity contribution is 0.287. The van der Waals surface area contributed by atoms with Gasteiger partial charge in [0.05, 0.1) is 0 Å². The molecule has 3 rings (SSSR count). The van der Waals surface area contributed by atoms with Crippen molar-refractivity contribution in [2.45, 2.75) is 45.8 Å². The molecule has 4 nitrogen and oxygen atoms in total. The highest BCUT2D eigenvalue weighted by atomic mass is 32.1. The Labute approximate surface area is 135 Å². The molecule has 0 unspecified atom stereocenters. The molecule has 1 aromatic heterocycles. The highest BCUT2D eigenvalue weighted by molar-refractivity contribution is 7.71. The lowest BCUT2D eigenvalue weighted by atomic mass is 9.88. The van der Waals surface area contributed by atoms with E-state index in [4.69, 9.17) is 17.0 Å². The fourth-order valence-corrected chi connectivity index (χ4v) is 3.29. The number of benzene rings is 1. The second-order valence-electron chi connectivity index (χ2n) is 5.67. The van der Waals surface area contributed by atoms with E-state index in [0.29, 0.717) is 17.9 Å². The Kier molecular flexibility index (Phi) is 4.43. The van der Waals surface area contributed by atoms with E-state index in [1.807, 2.05) is 4.57 Å². The maximum atomic E-state index is 6.01. The summed E-state index contributed by atoms with van der Waals surface area (Å²) in [5.41, 5.74) is 4.21. The van der Waals surface area contributed by atoms with Crippen molar-refractivity contribution < 1.29 is 4.74 Å². The first kappa shape index (κ1) is 15.0. The third-order valence-corrected chi connectivity index (χ3v) is 4.59. The number of ether oxygens (including phenoxy) is 1. The van der Waals surface area contributed by atoms with Crippen LogP contribution in [0.4, 0.5) is 0 Å². The number of rotatable bonds is 5. The molecular formula is C17H21N3OS. The van der Waals surface area contributed by atoms with Crippen LogP contribution < -0.4 is 4.74 Å². The van der Waals surface area contributed by atoms with E-state index in [1.54, 1.807) is 6.08 Å². The maximum Gasteiger partial charge on any atom is 0.195 e. The number of aryl methyl sites for hydroxylation is 1. The Bertz CT molecular complexity index is 745. The van der Waals surface area contributed by atoms with Crippen molar-refractivity contribution in [3.8, 4) is 5.75 Å². The number of hydrogen-bond acceptors (Lipinski definition) is 3. The third kappa shape index (κ3) is 2.86. The third-order valence-electron chi connectivity index (χ3n) is 4.27. The second kappa shape index (κ2) is 6.48. The maximum absolute atomic E-state index is 6.01. The molecule has 0 bridgehead atoms. The number of fused-ring (bicyclic) bond motifs is 1. The molecule has 1 aliphatic rings. The van der Waals surface area contributed by atoms with Crippen molar-refractivity contribution in [2.75, 3.05) is 0 Å². The van der Waals surface area contributed by atoms with Gasteiger partial charge in [-0.05, 0) is 67.6 Å². The van der Waals surface area contributed by atoms with Gasteiger partial charge in [0.15, 0.2) is 10.6 Å². The topological polar surface area (TPSA) is 42.8 Å². The van der Waals surface area contributed by atoms with Crippen molar-refractivity contribution in [3.05, 3.63) is 52.1 Å². The number of H-pyrrole nitrogens is 1. The van der Waals surface area contributed by atoms with Crippen LogP contribution in [0.2, 0.25) is 0 Å². The molecule has 0 radical (unpaired) electrons. The van der Waals surface area contributed by atoms with Gasteiger partial charge in [-0.25, -0.2) is 0 Å². The molecule has 1 aliphatic carbocycles. The zero-order valence-corrected chi connectivity index (χ0v) is 13.7. The molecule has 1 N–H and O–H groups in total. The highest BCUT2D eigenvalue weighted by Crippen LogP contribution is 2.30. The summed E-state index contributed by atoms with van der Waals surface area (Å²) < 4.78 is 8.50. The van der Waals surface area contributed by atoms with Gasteiger partial charge >= 0.3 is 0 Å². The average molecular weight is 315 g/mol. The van der Waals surface area contributed by atoms with E-state index in [-0.39, 0.29) is 0 Å². The lowest BCUT2D eigenvalue weighted by Gasteiger charge is -2.20. The van der Waals surface area contributed by atoms with Crippen molar-refractivity contribution in [1.82, 2.24) is 14.8 Å². The van der Waals surface area contributed by atoms with Crippen LogP contribution in [0, 0.1) is 11.7 Å². The summed E-state index contributed by atoms with van der Waals surface area (Å²) in [4.78, 5) is 0. The van der Waals surface area contributed by atoms with Crippen LogP contribution in [0.5, 0.6) is 5.75 Å². The SMILES string of the molecule is C=CCn1c(COc2ccc3c(c2C)CCCC3)n[nH]c1=S.